The summed E-state index contributed by atoms with van der Waals surface area (Å²) in [6.45, 7) is 0.751. The molecule has 0 atom stereocenters. The van der Waals surface area contributed by atoms with Crippen molar-refractivity contribution in [3.63, 3.8) is 0 Å². The van der Waals surface area contributed by atoms with Gasteiger partial charge in [-0.25, -0.2) is 0 Å². The van der Waals surface area contributed by atoms with Gasteiger partial charge in [-0.1, -0.05) is 18.2 Å². The van der Waals surface area contributed by atoms with Crippen LogP contribution in [-0.4, -0.2) is 29.4 Å². The first-order valence-electron chi connectivity index (χ1n) is 6.86. The number of nitrogens with one attached hydrogen (secondary N) is 1. The molecule has 19 heavy (non-hydrogen) atoms. The van der Waals surface area contributed by atoms with Gasteiger partial charge in [-0.05, 0) is 43.7 Å². The van der Waals surface area contributed by atoms with Crippen molar-refractivity contribution in [3.05, 3.63) is 30.3 Å². The molecule has 1 aromatic carbocycles. The highest BCUT2D eigenvalue weighted by atomic mass is 32.2. The number of aliphatic hydroxyl groups is 1. The Morgan fingerprint density at radius 3 is 2.58 bits per heavy atom. The molecule has 0 aliphatic heterocycles. The van der Waals surface area contributed by atoms with E-state index >= 15 is 0 Å². The Hall–Kier alpha value is -1.00. The average molecular weight is 279 g/mol. The monoisotopic (exact) mass is 279 g/mol. The van der Waals surface area contributed by atoms with Crippen LogP contribution in [0.3, 0.4) is 0 Å². The molecule has 0 radical (unpaired) electrons. The van der Waals surface area contributed by atoms with Gasteiger partial charge in [0.2, 0.25) is 5.91 Å². The van der Waals surface area contributed by atoms with E-state index in [0.29, 0.717) is 11.7 Å². The molecule has 2 rings (SSSR count). The summed E-state index contributed by atoms with van der Waals surface area (Å²) in [5, 5.41) is 12.4. The molecule has 1 aliphatic carbocycles. The Balaban J connectivity index is 1.62. The molecule has 1 aromatic rings. The molecule has 0 heterocycles. The first-order valence-corrected chi connectivity index (χ1v) is 7.85. The van der Waals surface area contributed by atoms with Crippen LogP contribution in [0.1, 0.15) is 25.7 Å². The van der Waals surface area contributed by atoms with E-state index in [1.54, 1.807) is 11.8 Å². The van der Waals surface area contributed by atoms with E-state index in [2.05, 4.69) is 5.32 Å². The maximum atomic E-state index is 11.7. The lowest BCUT2D eigenvalue weighted by Gasteiger charge is -2.25. The maximum absolute atomic E-state index is 11.7. The zero-order valence-electron chi connectivity index (χ0n) is 11.0. The van der Waals surface area contributed by atoms with Crippen LogP contribution in [0.25, 0.3) is 0 Å². The van der Waals surface area contributed by atoms with Crippen molar-refractivity contribution in [2.24, 2.45) is 5.92 Å². The Kier molecular flexibility index (Phi) is 5.73. The van der Waals surface area contributed by atoms with E-state index in [1.165, 1.54) is 0 Å². The zero-order valence-corrected chi connectivity index (χ0v) is 11.9. The SMILES string of the molecule is O=C(CSc1ccccc1)NCC1CCC(O)CC1. The molecule has 3 nitrogen and oxygen atoms in total. The van der Waals surface area contributed by atoms with Crippen molar-refractivity contribution in [3.8, 4) is 0 Å². The van der Waals surface area contributed by atoms with Crippen LogP contribution in [0.15, 0.2) is 35.2 Å². The van der Waals surface area contributed by atoms with Crippen molar-refractivity contribution in [1.29, 1.82) is 0 Å². The summed E-state index contributed by atoms with van der Waals surface area (Å²) in [6, 6.07) is 9.96. The van der Waals surface area contributed by atoms with Crippen LogP contribution in [0.2, 0.25) is 0 Å². The lowest BCUT2D eigenvalue weighted by molar-refractivity contribution is -0.118. The summed E-state index contributed by atoms with van der Waals surface area (Å²) >= 11 is 1.56. The fraction of sp³-hybridized carbons (Fsp3) is 0.533. The van der Waals surface area contributed by atoms with Crippen molar-refractivity contribution < 1.29 is 9.90 Å². The summed E-state index contributed by atoms with van der Waals surface area (Å²) in [5.74, 6) is 1.10. The molecule has 2 N–H and O–H groups in total. The van der Waals surface area contributed by atoms with Gasteiger partial charge in [0.15, 0.2) is 0 Å². The predicted octanol–water partition coefficient (Wildman–Crippen LogP) is 2.45. The van der Waals surface area contributed by atoms with Gasteiger partial charge in [0.05, 0.1) is 11.9 Å². The molecular weight excluding hydrogens is 258 g/mol. The topological polar surface area (TPSA) is 49.3 Å². The second kappa shape index (κ2) is 7.56. The number of rotatable bonds is 5. The third kappa shape index (κ3) is 5.25. The quantitative estimate of drug-likeness (QED) is 0.814. The number of amides is 1. The second-order valence-electron chi connectivity index (χ2n) is 5.08. The molecule has 104 valence electrons. The van der Waals surface area contributed by atoms with E-state index in [-0.39, 0.29) is 12.0 Å². The summed E-state index contributed by atoms with van der Waals surface area (Å²) in [7, 11) is 0. The van der Waals surface area contributed by atoms with Crippen LogP contribution in [0, 0.1) is 5.92 Å². The number of hydrogen-bond acceptors (Lipinski definition) is 3. The van der Waals surface area contributed by atoms with Crippen LogP contribution in [-0.2, 0) is 4.79 Å². The highest BCUT2D eigenvalue weighted by Crippen LogP contribution is 2.23. The van der Waals surface area contributed by atoms with E-state index < -0.39 is 0 Å². The molecule has 0 bridgehead atoms. The van der Waals surface area contributed by atoms with Crippen LogP contribution < -0.4 is 5.32 Å². The van der Waals surface area contributed by atoms with E-state index in [0.717, 1.165) is 37.1 Å². The third-order valence-corrected chi connectivity index (χ3v) is 4.53. The molecule has 1 aliphatic rings. The average Bonchev–Trinajstić information content (AvgIpc) is 2.45. The number of hydrogen-bond donors (Lipinski definition) is 2. The third-order valence-electron chi connectivity index (χ3n) is 3.52. The number of thioether (sulfide) groups is 1. The Morgan fingerprint density at radius 1 is 1.21 bits per heavy atom. The van der Waals surface area contributed by atoms with Gasteiger partial charge < -0.3 is 10.4 Å². The van der Waals surface area contributed by atoms with E-state index in [4.69, 9.17) is 0 Å². The van der Waals surface area contributed by atoms with E-state index in [1.807, 2.05) is 30.3 Å². The highest BCUT2D eigenvalue weighted by molar-refractivity contribution is 8.00. The number of aliphatic hydroxyl groups excluding tert-OH is 1. The summed E-state index contributed by atoms with van der Waals surface area (Å²) in [6.07, 6.45) is 3.67. The lowest BCUT2D eigenvalue weighted by Crippen LogP contribution is -2.33. The highest BCUT2D eigenvalue weighted by Gasteiger charge is 2.19. The molecule has 0 aromatic heterocycles. The summed E-state index contributed by atoms with van der Waals surface area (Å²) < 4.78 is 0. The van der Waals surface area contributed by atoms with Gasteiger partial charge in [-0.3, -0.25) is 4.79 Å². The van der Waals surface area contributed by atoms with Crippen LogP contribution >= 0.6 is 11.8 Å². The smallest absolute Gasteiger partial charge is 0.230 e. The maximum Gasteiger partial charge on any atom is 0.230 e. The van der Waals surface area contributed by atoms with Gasteiger partial charge >= 0.3 is 0 Å². The van der Waals surface area contributed by atoms with Gasteiger partial charge in [-0.2, -0.15) is 0 Å². The molecule has 1 fully saturated rings. The van der Waals surface area contributed by atoms with Gasteiger partial charge in [0.1, 0.15) is 0 Å². The fourth-order valence-corrected chi connectivity index (χ4v) is 3.07. The molecule has 0 saturated heterocycles. The van der Waals surface area contributed by atoms with E-state index in [9.17, 15) is 9.90 Å². The minimum absolute atomic E-state index is 0.0972. The van der Waals surface area contributed by atoms with Crippen LogP contribution in [0.5, 0.6) is 0 Å². The standard InChI is InChI=1S/C15H21NO2S/c17-13-8-6-12(7-9-13)10-16-15(18)11-19-14-4-2-1-3-5-14/h1-5,12-13,17H,6-11H2,(H,16,18). The number of carbonyl (C=O) groups is 1. The zero-order chi connectivity index (χ0) is 13.5. The Morgan fingerprint density at radius 2 is 1.89 bits per heavy atom. The molecule has 1 saturated carbocycles. The Labute approximate surface area is 118 Å². The summed E-state index contributed by atoms with van der Waals surface area (Å²) in [5.41, 5.74) is 0. The van der Waals surface area contributed by atoms with Crippen molar-refractivity contribution in [2.75, 3.05) is 12.3 Å². The summed E-state index contributed by atoms with van der Waals surface area (Å²) in [4.78, 5) is 12.9. The first-order chi connectivity index (χ1) is 9.24. The normalized spacial score (nSPS) is 23.0. The van der Waals surface area contributed by atoms with Gasteiger partial charge in [-0.15, -0.1) is 11.8 Å². The van der Waals surface area contributed by atoms with Gasteiger partial charge in [0.25, 0.3) is 0 Å². The minimum atomic E-state index is -0.124. The fourth-order valence-electron chi connectivity index (χ4n) is 2.32. The van der Waals surface area contributed by atoms with Crippen LogP contribution in [0.4, 0.5) is 0 Å². The number of carbonyl (C=O) groups excluding carboxylic acids is 1. The molecule has 0 spiro atoms. The Bertz CT molecular complexity index is 388. The predicted molar refractivity (Wildman–Crippen MR) is 78.1 cm³/mol. The van der Waals surface area contributed by atoms with Crippen molar-refractivity contribution in [1.82, 2.24) is 5.32 Å². The lowest BCUT2D eigenvalue weighted by atomic mass is 9.87. The molecular formula is C15H21NO2S. The van der Waals surface area contributed by atoms with Crippen molar-refractivity contribution >= 4 is 17.7 Å². The molecule has 0 unspecified atom stereocenters. The second-order valence-corrected chi connectivity index (χ2v) is 6.13. The molecule has 1 amide bonds. The largest absolute Gasteiger partial charge is 0.393 e. The molecule has 4 heteroatoms. The first kappa shape index (κ1) is 14.4. The van der Waals surface area contributed by atoms with Gasteiger partial charge in [0, 0.05) is 11.4 Å². The number of benzene rings is 1. The minimum Gasteiger partial charge on any atom is -0.393 e. The van der Waals surface area contributed by atoms with Crippen molar-refractivity contribution in [2.45, 2.75) is 36.7 Å².